The van der Waals surface area contributed by atoms with Gasteiger partial charge in [-0.3, -0.25) is 0 Å². The lowest BCUT2D eigenvalue weighted by atomic mass is 10.2. The Bertz CT molecular complexity index is 642. The molecular weight excluding hydrogens is 240 g/mol. The van der Waals surface area contributed by atoms with Gasteiger partial charge >= 0.3 is 0 Å². The molecule has 0 N–H and O–H groups in total. The first-order chi connectivity index (χ1) is 8.83. The summed E-state index contributed by atoms with van der Waals surface area (Å²) in [6, 6.07) is 18.5. The van der Waals surface area contributed by atoms with Crippen LogP contribution in [-0.2, 0) is 0 Å². The van der Waals surface area contributed by atoms with Crippen LogP contribution < -0.4 is 0 Å². The molecule has 3 rings (SSSR count). The third kappa shape index (κ3) is 2.17. The molecule has 0 saturated carbocycles. The smallest absolute Gasteiger partial charge is 0.138 e. The monoisotopic (exact) mass is 252 g/mol. The Labute approximate surface area is 110 Å². The minimum Gasteiger partial charge on any atom is -0.138 e. The molecule has 0 aliphatic carbocycles. The van der Waals surface area contributed by atoms with E-state index in [1.165, 1.54) is 5.56 Å². The van der Waals surface area contributed by atoms with E-state index in [0.717, 1.165) is 21.1 Å². The fourth-order valence-electron chi connectivity index (χ4n) is 1.73. The Kier molecular flexibility index (Phi) is 2.90. The Morgan fingerprint density at radius 2 is 1.28 bits per heavy atom. The van der Waals surface area contributed by atoms with Gasteiger partial charge in [0.2, 0.25) is 0 Å². The topological polar surface area (TPSA) is 25.8 Å². The van der Waals surface area contributed by atoms with Crippen molar-refractivity contribution in [3.63, 3.8) is 0 Å². The van der Waals surface area contributed by atoms with Gasteiger partial charge < -0.3 is 0 Å². The van der Waals surface area contributed by atoms with Gasteiger partial charge in [-0.2, -0.15) is 0 Å². The van der Waals surface area contributed by atoms with Gasteiger partial charge in [-0.1, -0.05) is 71.5 Å². The lowest BCUT2D eigenvalue weighted by Crippen LogP contribution is -1.77. The van der Waals surface area contributed by atoms with E-state index in [2.05, 4.69) is 53.5 Å². The average Bonchev–Trinajstić information content (AvgIpc) is 2.90. The van der Waals surface area contributed by atoms with Gasteiger partial charge in [-0.25, -0.2) is 0 Å². The highest BCUT2D eigenvalue weighted by atomic mass is 32.1. The van der Waals surface area contributed by atoms with Gasteiger partial charge in [-0.05, 0) is 6.92 Å². The normalized spacial score (nSPS) is 10.5. The van der Waals surface area contributed by atoms with Crippen molar-refractivity contribution in [2.45, 2.75) is 6.92 Å². The number of hydrogen-bond donors (Lipinski definition) is 0. The van der Waals surface area contributed by atoms with E-state index in [9.17, 15) is 0 Å². The minimum absolute atomic E-state index is 0.964. The summed E-state index contributed by atoms with van der Waals surface area (Å²) in [6.07, 6.45) is 0. The summed E-state index contributed by atoms with van der Waals surface area (Å²) in [7, 11) is 0. The molecule has 0 bridgehead atoms. The van der Waals surface area contributed by atoms with Crippen LogP contribution in [0, 0.1) is 6.92 Å². The van der Waals surface area contributed by atoms with Crippen LogP contribution in [0.15, 0.2) is 54.6 Å². The zero-order chi connectivity index (χ0) is 12.4. The lowest BCUT2D eigenvalue weighted by Gasteiger charge is -1.95. The number of rotatable bonds is 2. The Morgan fingerprint density at radius 3 is 1.89 bits per heavy atom. The van der Waals surface area contributed by atoms with Crippen molar-refractivity contribution in [1.29, 1.82) is 0 Å². The van der Waals surface area contributed by atoms with E-state index in [1.807, 2.05) is 18.2 Å². The van der Waals surface area contributed by atoms with Crippen molar-refractivity contribution < 1.29 is 0 Å². The predicted octanol–water partition coefficient (Wildman–Crippen LogP) is 4.18. The van der Waals surface area contributed by atoms with E-state index < -0.39 is 0 Å². The zero-order valence-electron chi connectivity index (χ0n) is 10.00. The number of benzene rings is 2. The molecule has 0 spiro atoms. The van der Waals surface area contributed by atoms with Crippen molar-refractivity contribution in [3.05, 3.63) is 60.2 Å². The van der Waals surface area contributed by atoms with Gasteiger partial charge in [0.1, 0.15) is 10.0 Å². The van der Waals surface area contributed by atoms with Crippen LogP contribution in [0.25, 0.3) is 21.1 Å². The molecule has 18 heavy (non-hydrogen) atoms. The predicted molar refractivity (Wildman–Crippen MR) is 75.5 cm³/mol. The summed E-state index contributed by atoms with van der Waals surface area (Å²) in [5, 5.41) is 10.4. The number of hydrogen-bond acceptors (Lipinski definition) is 3. The van der Waals surface area contributed by atoms with Crippen LogP contribution in [0.2, 0.25) is 0 Å². The van der Waals surface area contributed by atoms with Crippen molar-refractivity contribution in [3.8, 4) is 21.1 Å². The first-order valence-electron chi connectivity index (χ1n) is 5.79. The SMILES string of the molecule is Cc1ccc(-c2nnc(-c3ccccc3)s2)cc1. The molecule has 1 aromatic heterocycles. The standard InChI is InChI=1S/C15H12N2S/c1-11-7-9-13(10-8-11)15-17-16-14(18-15)12-5-3-2-4-6-12/h2-10H,1H3. The summed E-state index contributed by atoms with van der Waals surface area (Å²) in [5.74, 6) is 0. The number of aromatic nitrogens is 2. The molecule has 0 fully saturated rings. The van der Waals surface area contributed by atoms with Crippen LogP contribution in [0.5, 0.6) is 0 Å². The number of nitrogens with zero attached hydrogens (tertiary/aromatic N) is 2. The molecule has 3 aromatic rings. The molecule has 0 amide bonds. The fraction of sp³-hybridized carbons (Fsp3) is 0.0667. The zero-order valence-corrected chi connectivity index (χ0v) is 10.8. The van der Waals surface area contributed by atoms with Gasteiger partial charge in [0, 0.05) is 11.1 Å². The third-order valence-corrected chi connectivity index (χ3v) is 3.77. The second kappa shape index (κ2) is 4.70. The minimum atomic E-state index is 0.964. The van der Waals surface area contributed by atoms with E-state index in [0.29, 0.717) is 0 Å². The first-order valence-corrected chi connectivity index (χ1v) is 6.60. The van der Waals surface area contributed by atoms with Crippen LogP contribution in [0.1, 0.15) is 5.56 Å². The maximum Gasteiger partial charge on any atom is 0.148 e. The molecule has 1 heterocycles. The van der Waals surface area contributed by atoms with E-state index in [4.69, 9.17) is 0 Å². The van der Waals surface area contributed by atoms with Crippen LogP contribution >= 0.6 is 11.3 Å². The van der Waals surface area contributed by atoms with Crippen molar-refractivity contribution in [2.24, 2.45) is 0 Å². The van der Waals surface area contributed by atoms with Gasteiger partial charge in [-0.15, -0.1) is 10.2 Å². The molecule has 3 heteroatoms. The highest BCUT2D eigenvalue weighted by Crippen LogP contribution is 2.29. The van der Waals surface area contributed by atoms with Gasteiger partial charge in [0.15, 0.2) is 0 Å². The molecular formula is C15H12N2S. The highest BCUT2D eigenvalue weighted by molar-refractivity contribution is 7.17. The van der Waals surface area contributed by atoms with Crippen molar-refractivity contribution in [2.75, 3.05) is 0 Å². The van der Waals surface area contributed by atoms with Gasteiger partial charge in [0.05, 0.1) is 0 Å². The maximum absolute atomic E-state index is 4.26. The van der Waals surface area contributed by atoms with E-state index in [1.54, 1.807) is 11.3 Å². The van der Waals surface area contributed by atoms with Crippen LogP contribution in [0.3, 0.4) is 0 Å². The molecule has 0 radical (unpaired) electrons. The van der Waals surface area contributed by atoms with Gasteiger partial charge in [0.25, 0.3) is 0 Å². The second-order valence-corrected chi connectivity index (χ2v) is 5.12. The second-order valence-electron chi connectivity index (χ2n) is 4.14. The summed E-state index contributed by atoms with van der Waals surface area (Å²) >= 11 is 1.62. The fourth-order valence-corrected chi connectivity index (χ4v) is 2.59. The summed E-state index contributed by atoms with van der Waals surface area (Å²) in [4.78, 5) is 0. The molecule has 2 aromatic carbocycles. The first kappa shape index (κ1) is 11.1. The molecule has 0 aliphatic rings. The summed E-state index contributed by atoms with van der Waals surface area (Å²) in [6.45, 7) is 2.08. The molecule has 0 unspecified atom stereocenters. The quantitative estimate of drug-likeness (QED) is 0.683. The molecule has 0 aliphatic heterocycles. The van der Waals surface area contributed by atoms with Crippen molar-refractivity contribution in [1.82, 2.24) is 10.2 Å². The Morgan fingerprint density at radius 1 is 0.722 bits per heavy atom. The van der Waals surface area contributed by atoms with E-state index in [-0.39, 0.29) is 0 Å². The molecule has 88 valence electrons. The summed E-state index contributed by atoms with van der Waals surface area (Å²) < 4.78 is 0. The lowest BCUT2D eigenvalue weighted by molar-refractivity contribution is 1.10. The maximum atomic E-state index is 4.26. The van der Waals surface area contributed by atoms with Crippen molar-refractivity contribution >= 4 is 11.3 Å². The van der Waals surface area contributed by atoms with Crippen LogP contribution in [0.4, 0.5) is 0 Å². The molecule has 0 saturated heterocycles. The summed E-state index contributed by atoms with van der Waals surface area (Å²) in [5.41, 5.74) is 3.50. The van der Waals surface area contributed by atoms with E-state index >= 15 is 0 Å². The molecule has 2 nitrogen and oxygen atoms in total. The Balaban J connectivity index is 1.97. The van der Waals surface area contributed by atoms with Crippen LogP contribution in [-0.4, -0.2) is 10.2 Å². The third-order valence-electron chi connectivity index (χ3n) is 2.74. The molecule has 0 atom stereocenters. The Hall–Kier alpha value is -2.00. The number of aryl methyl sites for hydroxylation is 1. The average molecular weight is 252 g/mol. The largest absolute Gasteiger partial charge is 0.148 e. The highest BCUT2D eigenvalue weighted by Gasteiger charge is 2.07.